The molecule has 0 saturated heterocycles. The van der Waals surface area contributed by atoms with Crippen LogP contribution in [0.15, 0.2) is 77.7 Å². The molecule has 0 spiro atoms. The monoisotopic (exact) mass is 422 g/mol. The predicted molar refractivity (Wildman–Crippen MR) is 119 cm³/mol. The number of hydrogen-bond donors (Lipinski definition) is 2. The lowest BCUT2D eigenvalue weighted by molar-refractivity contribution is -0.120. The molecule has 3 aromatic rings. The molecule has 2 N–H and O–H groups in total. The van der Waals surface area contributed by atoms with Crippen LogP contribution in [-0.2, 0) is 11.2 Å². The molecule has 0 bridgehead atoms. The molecule has 154 valence electrons. The van der Waals surface area contributed by atoms with E-state index >= 15 is 0 Å². The van der Waals surface area contributed by atoms with Crippen LogP contribution in [0.25, 0.3) is 11.1 Å². The van der Waals surface area contributed by atoms with Crippen LogP contribution >= 0.6 is 11.8 Å². The van der Waals surface area contributed by atoms with Gasteiger partial charge in [-0.05, 0) is 65.8 Å². The molecule has 0 fully saturated rings. The van der Waals surface area contributed by atoms with Gasteiger partial charge < -0.3 is 10.6 Å². The minimum atomic E-state index is -0.300. The highest BCUT2D eigenvalue weighted by molar-refractivity contribution is 7.98. The second-order valence-corrected chi connectivity index (χ2v) is 7.60. The first kappa shape index (κ1) is 21.6. The Morgan fingerprint density at radius 3 is 2.33 bits per heavy atom. The maximum absolute atomic E-state index is 12.9. The zero-order valence-corrected chi connectivity index (χ0v) is 17.5. The molecule has 4 nitrogen and oxygen atoms in total. The summed E-state index contributed by atoms with van der Waals surface area (Å²) in [4.78, 5) is 25.6. The minimum absolute atomic E-state index is 0.102. The highest BCUT2D eigenvalue weighted by Gasteiger charge is 2.09. The molecule has 0 unspecified atom stereocenters. The molecular formula is C24H23FN2O2S. The topological polar surface area (TPSA) is 58.2 Å². The second-order valence-electron chi connectivity index (χ2n) is 6.72. The standard InChI is InChI=1S/C24H23FN2O2S/c1-30-22-11-7-18(8-12-22)19-3-2-4-20(15-19)24(29)27-16-23(28)26-14-13-17-5-9-21(25)10-6-17/h2-12,15H,13-14,16H2,1H3,(H,26,28)(H,27,29). The molecular weight excluding hydrogens is 399 g/mol. The number of thioether (sulfide) groups is 1. The van der Waals surface area contributed by atoms with Gasteiger partial charge in [-0.3, -0.25) is 9.59 Å². The summed E-state index contributed by atoms with van der Waals surface area (Å²) in [6.07, 6.45) is 2.62. The average Bonchev–Trinajstić information content (AvgIpc) is 2.79. The third-order valence-corrected chi connectivity index (χ3v) is 5.35. The summed E-state index contributed by atoms with van der Waals surface area (Å²) in [6.45, 7) is 0.316. The number of halogens is 1. The fourth-order valence-electron chi connectivity index (χ4n) is 2.95. The Bertz CT molecular complexity index is 1000. The third-order valence-electron chi connectivity index (χ3n) is 4.61. The summed E-state index contributed by atoms with van der Waals surface area (Å²) in [5.41, 5.74) is 3.41. The van der Waals surface area contributed by atoms with Crippen LogP contribution in [0, 0.1) is 5.82 Å². The van der Waals surface area contributed by atoms with E-state index in [2.05, 4.69) is 10.6 Å². The Hall–Kier alpha value is -3.12. The van der Waals surface area contributed by atoms with E-state index in [1.165, 1.54) is 17.0 Å². The number of carbonyl (C=O) groups excluding carboxylic acids is 2. The van der Waals surface area contributed by atoms with Gasteiger partial charge in [0.15, 0.2) is 0 Å². The van der Waals surface area contributed by atoms with Crippen molar-refractivity contribution in [2.45, 2.75) is 11.3 Å². The summed E-state index contributed by atoms with van der Waals surface area (Å²) < 4.78 is 12.9. The second kappa shape index (κ2) is 10.6. The first-order valence-electron chi connectivity index (χ1n) is 9.59. The van der Waals surface area contributed by atoms with Gasteiger partial charge in [0.1, 0.15) is 5.82 Å². The molecule has 3 rings (SSSR count). The van der Waals surface area contributed by atoms with Crippen molar-refractivity contribution in [2.75, 3.05) is 19.3 Å². The van der Waals surface area contributed by atoms with Crippen LogP contribution in [0.5, 0.6) is 0 Å². The first-order valence-corrected chi connectivity index (χ1v) is 10.8. The van der Waals surface area contributed by atoms with E-state index in [4.69, 9.17) is 0 Å². The SMILES string of the molecule is CSc1ccc(-c2cccc(C(=O)NCC(=O)NCCc3ccc(F)cc3)c2)cc1. The van der Waals surface area contributed by atoms with Crippen LogP contribution in [0.3, 0.4) is 0 Å². The molecule has 2 amide bonds. The van der Waals surface area contributed by atoms with E-state index in [0.717, 1.165) is 16.7 Å². The molecule has 6 heteroatoms. The quantitative estimate of drug-likeness (QED) is 0.532. The van der Waals surface area contributed by atoms with E-state index in [1.54, 1.807) is 30.0 Å². The number of nitrogens with one attached hydrogen (secondary N) is 2. The average molecular weight is 423 g/mol. The van der Waals surface area contributed by atoms with Crippen molar-refractivity contribution in [3.8, 4) is 11.1 Å². The zero-order valence-electron chi connectivity index (χ0n) is 16.7. The van der Waals surface area contributed by atoms with Crippen molar-refractivity contribution in [1.29, 1.82) is 0 Å². The van der Waals surface area contributed by atoms with Gasteiger partial charge >= 0.3 is 0 Å². The maximum Gasteiger partial charge on any atom is 0.251 e. The van der Waals surface area contributed by atoms with E-state index in [-0.39, 0.29) is 24.2 Å². The van der Waals surface area contributed by atoms with Gasteiger partial charge in [-0.15, -0.1) is 11.8 Å². The van der Waals surface area contributed by atoms with E-state index in [9.17, 15) is 14.0 Å². The molecule has 0 saturated carbocycles. The van der Waals surface area contributed by atoms with Gasteiger partial charge in [0, 0.05) is 17.0 Å². The summed E-state index contributed by atoms with van der Waals surface area (Å²) in [5, 5.41) is 5.40. The third kappa shape index (κ3) is 6.19. The Morgan fingerprint density at radius 1 is 0.900 bits per heavy atom. The molecule has 0 aliphatic rings. The van der Waals surface area contributed by atoms with E-state index < -0.39 is 0 Å². The van der Waals surface area contributed by atoms with Gasteiger partial charge in [-0.25, -0.2) is 4.39 Å². The highest BCUT2D eigenvalue weighted by atomic mass is 32.2. The van der Waals surface area contributed by atoms with Crippen molar-refractivity contribution >= 4 is 23.6 Å². The van der Waals surface area contributed by atoms with Crippen molar-refractivity contribution in [2.24, 2.45) is 0 Å². The van der Waals surface area contributed by atoms with Gasteiger partial charge in [-0.2, -0.15) is 0 Å². The van der Waals surface area contributed by atoms with Crippen LogP contribution in [0.2, 0.25) is 0 Å². The van der Waals surface area contributed by atoms with Crippen molar-refractivity contribution in [3.05, 3.63) is 89.7 Å². The Balaban J connectivity index is 1.49. The van der Waals surface area contributed by atoms with Gasteiger partial charge in [0.05, 0.1) is 6.54 Å². The lowest BCUT2D eigenvalue weighted by Crippen LogP contribution is -2.37. The zero-order chi connectivity index (χ0) is 21.3. The number of amides is 2. The number of hydrogen-bond acceptors (Lipinski definition) is 3. The number of carbonyl (C=O) groups is 2. The minimum Gasteiger partial charge on any atom is -0.354 e. The van der Waals surface area contributed by atoms with Crippen LogP contribution in [-0.4, -0.2) is 31.2 Å². The Labute approximate surface area is 179 Å². The summed E-state index contributed by atoms with van der Waals surface area (Å²) in [5.74, 6) is -0.855. The molecule has 0 aliphatic heterocycles. The summed E-state index contributed by atoms with van der Waals surface area (Å²) in [6, 6.07) is 21.6. The van der Waals surface area contributed by atoms with Gasteiger partial charge in [0.25, 0.3) is 5.91 Å². The molecule has 0 radical (unpaired) electrons. The van der Waals surface area contributed by atoms with Crippen molar-refractivity contribution < 1.29 is 14.0 Å². The van der Waals surface area contributed by atoms with Crippen molar-refractivity contribution in [3.63, 3.8) is 0 Å². The molecule has 0 aromatic heterocycles. The van der Waals surface area contributed by atoms with Crippen LogP contribution in [0.4, 0.5) is 4.39 Å². The van der Waals surface area contributed by atoms with Crippen molar-refractivity contribution in [1.82, 2.24) is 10.6 Å². The van der Waals surface area contributed by atoms with Crippen LogP contribution < -0.4 is 10.6 Å². The molecule has 0 heterocycles. The molecule has 3 aromatic carbocycles. The largest absolute Gasteiger partial charge is 0.354 e. The fraction of sp³-hybridized carbons (Fsp3) is 0.167. The molecule has 0 atom stereocenters. The maximum atomic E-state index is 12.9. The predicted octanol–water partition coefficient (Wildman–Crippen LogP) is 4.30. The smallest absolute Gasteiger partial charge is 0.251 e. The Morgan fingerprint density at radius 2 is 1.63 bits per heavy atom. The summed E-state index contributed by atoms with van der Waals surface area (Å²) >= 11 is 1.68. The number of benzene rings is 3. The normalized spacial score (nSPS) is 10.5. The fourth-order valence-corrected chi connectivity index (χ4v) is 3.35. The van der Waals surface area contributed by atoms with E-state index in [1.807, 2.05) is 48.7 Å². The lowest BCUT2D eigenvalue weighted by atomic mass is 10.0. The number of rotatable bonds is 8. The highest BCUT2D eigenvalue weighted by Crippen LogP contribution is 2.23. The van der Waals surface area contributed by atoms with Crippen LogP contribution in [0.1, 0.15) is 15.9 Å². The molecule has 0 aliphatic carbocycles. The molecule has 30 heavy (non-hydrogen) atoms. The Kier molecular flexibility index (Phi) is 7.63. The first-order chi connectivity index (χ1) is 14.5. The van der Waals surface area contributed by atoms with Gasteiger partial charge in [-0.1, -0.05) is 36.4 Å². The lowest BCUT2D eigenvalue weighted by Gasteiger charge is -2.09. The van der Waals surface area contributed by atoms with Gasteiger partial charge in [0.2, 0.25) is 5.91 Å². The summed E-state index contributed by atoms with van der Waals surface area (Å²) in [7, 11) is 0. The van der Waals surface area contributed by atoms with E-state index in [0.29, 0.717) is 18.5 Å².